The third-order valence-corrected chi connectivity index (χ3v) is 3.15. The largest absolute Gasteiger partial charge is 0.471 e. The fourth-order valence-corrected chi connectivity index (χ4v) is 2.17. The van der Waals surface area contributed by atoms with E-state index in [0.717, 1.165) is 5.69 Å². The molecule has 98 valence electrons. The number of aromatic nitrogens is 1. The molecule has 2 heterocycles. The second-order valence-corrected chi connectivity index (χ2v) is 4.69. The van der Waals surface area contributed by atoms with Crippen molar-refractivity contribution in [2.24, 2.45) is 4.99 Å². The highest BCUT2D eigenvalue weighted by molar-refractivity contribution is 5.93. The summed E-state index contributed by atoms with van der Waals surface area (Å²) in [5, 5.41) is 0. The molecule has 0 bridgehead atoms. The van der Waals surface area contributed by atoms with Gasteiger partial charge in [-0.1, -0.05) is 18.2 Å². The minimum Gasteiger partial charge on any atom is -0.471 e. The lowest BCUT2D eigenvalue weighted by Crippen LogP contribution is -2.14. The molecule has 3 nitrogen and oxygen atoms in total. The van der Waals surface area contributed by atoms with Crippen LogP contribution in [0.5, 0.6) is 0 Å². The standard InChI is InChI=1S/C15H15FN2O/c1-11-9-17-15(19-11)14-7-4-8-18(14)10-12-5-2-3-6-13(12)16/h2-8,11H,9-10H2,1H3. The van der Waals surface area contributed by atoms with Crippen molar-refractivity contribution in [2.45, 2.75) is 19.6 Å². The minimum atomic E-state index is -0.190. The zero-order valence-electron chi connectivity index (χ0n) is 10.7. The van der Waals surface area contributed by atoms with E-state index in [1.165, 1.54) is 6.07 Å². The molecule has 1 aliphatic heterocycles. The van der Waals surface area contributed by atoms with E-state index in [0.29, 0.717) is 24.6 Å². The third-order valence-electron chi connectivity index (χ3n) is 3.15. The first kappa shape index (κ1) is 12.0. The highest BCUT2D eigenvalue weighted by Crippen LogP contribution is 2.16. The topological polar surface area (TPSA) is 26.5 Å². The highest BCUT2D eigenvalue weighted by atomic mass is 19.1. The van der Waals surface area contributed by atoms with Gasteiger partial charge in [0.25, 0.3) is 0 Å². The number of benzene rings is 1. The molecule has 1 aliphatic rings. The predicted molar refractivity (Wildman–Crippen MR) is 71.9 cm³/mol. The minimum absolute atomic E-state index is 0.117. The summed E-state index contributed by atoms with van der Waals surface area (Å²) in [5.74, 6) is 0.457. The lowest BCUT2D eigenvalue weighted by Gasteiger charge is -2.11. The summed E-state index contributed by atoms with van der Waals surface area (Å²) in [4.78, 5) is 4.36. The Hall–Kier alpha value is -2.10. The van der Waals surface area contributed by atoms with Crippen LogP contribution in [0.1, 0.15) is 18.2 Å². The second-order valence-electron chi connectivity index (χ2n) is 4.69. The lowest BCUT2D eigenvalue weighted by molar-refractivity contribution is 0.245. The predicted octanol–water partition coefficient (Wildman–Crippen LogP) is 2.84. The van der Waals surface area contributed by atoms with Gasteiger partial charge in [-0.3, -0.25) is 0 Å². The number of nitrogens with zero attached hydrogens (tertiary/aromatic N) is 2. The van der Waals surface area contributed by atoms with Gasteiger partial charge in [0.1, 0.15) is 17.6 Å². The van der Waals surface area contributed by atoms with Gasteiger partial charge in [-0.25, -0.2) is 9.38 Å². The normalized spacial score (nSPS) is 18.2. The fourth-order valence-electron chi connectivity index (χ4n) is 2.17. The van der Waals surface area contributed by atoms with Gasteiger partial charge in [0.2, 0.25) is 5.90 Å². The summed E-state index contributed by atoms with van der Waals surface area (Å²) in [5.41, 5.74) is 1.55. The van der Waals surface area contributed by atoms with Crippen LogP contribution >= 0.6 is 0 Å². The Bertz CT molecular complexity index is 618. The Morgan fingerprint density at radius 2 is 2.16 bits per heavy atom. The summed E-state index contributed by atoms with van der Waals surface area (Å²) >= 11 is 0. The molecule has 1 atom stereocenters. The molecule has 0 radical (unpaired) electrons. The molecule has 0 N–H and O–H groups in total. The van der Waals surface area contributed by atoms with Crippen LogP contribution in [0.25, 0.3) is 0 Å². The molecule has 1 unspecified atom stereocenters. The molecule has 0 spiro atoms. The second kappa shape index (κ2) is 4.88. The van der Waals surface area contributed by atoms with Crippen LogP contribution in [-0.2, 0) is 11.3 Å². The van der Waals surface area contributed by atoms with Gasteiger partial charge >= 0.3 is 0 Å². The maximum absolute atomic E-state index is 13.7. The Morgan fingerprint density at radius 3 is 2.89 bits per heavy atom. The zero-order valence-corrected chi connectivity index (χ0v) is 10.7. The molecule has 3 rings (SSSR count). The van der Waals surface area contributed by atoms with Crippen molar-refractivity contribution in [3.8, 4) is 0 Å². The summed E-state index contributed by atoms with van der Waals surface area (Å²) in [6.45, 7) is 3.15. The van der Waals surface area contributed by atoms with E-state index in [4.69, 9.17) is 4.74 Å². The third kappa shape index (κ3) is 2.38. The van der Waals surface area contributed by atoms with E-state index in [-0.39, 0.29) is 11.9 Å². The quantitative estimate of drug-likeness (QED) is 0.831. The van der Waals surface area contributed by atoms with E-state index in [1.54, 1.807) is 12.1 Å². The number of halogens is 1. The molecule has 1 aromatic heterocycles. The summed E-state index contributed by atoms with van der Waals surface area (Å²) in [7, 11) is 0. The Morgan fingerprint density at radius 1 is 1.32 bits per heavy atom. The first-order chi connectivity index (χ1) is 9.24. The van der Waals surface area contributed by atoms with E-state index >= 15 is 0 Å². The molecule has 0 aliphatic carbocycles. The maximum atomic E-state index is 13.7. The van der Waals surface area contributed by atoms with Crippen LogP contribution in [0.15, 0.2) is 47.6 Å². The van der Waals surface area contributed by atoms with Crippen LogP contribution in [0.3, 0.4) is 0 Å². The van der Waals surface area contributed by atoms with Gasteiger partial charge in [0.05, 0.1) is 13.1 Å². The van der Waals surface area contributed by atoms with Crippen LogP contribution in [-0.4, -0.2) is 23.1 Å². The van der Waals surface area contributed by atoms with E-state index in [2.05, 4.69) is 4.99 Å². The van der Waals surface area contributed by atoms with Crippen molar-refractivity contribution < 1.29 is 9.13 Å². The summed E-state index contributed by atoms with van der Waals surface area (Å²) in [6, 6.07) is 10.7. The van der Waals surface area contributed by atoms with Crippen molar-refractivity contribution in [2.75, 3.05) is 6.54 Å². The van der Waals surface area contributed by atoms with Crippen LogP contribution < -0.4 is 0 Å². The molecule has 1 aromatic carbocycles. The molecule has 2 aromatic rings. The first-order valence-corrected chi connectivity index (χ1v) is 6.34. The van der Waals surface area contributed by atoms with Crippen LogP contribution in [0.4, 0.5) is 4.39 Å². The highest BCUT2D eigenvalue weighted by Gasteiger charge is 2.19. The molecular weight excluding hydrogens is 243 g/mol. The monoisotopic (exact) mass is 258 g/mol. The average molecular weight is 258 g/mol. The molecule has 0 saturated carbocycles. The van der Waals surface area contributed by atoms with Gasteiger partial charge in [0, 0.05) is 11.8 Å². The van der Waals surface area contributed by atoms with E-state index in [1.807, 2.05) is 35.9 Å². The number of ether oxygens (including phenoxy) is 1. The van der Waals surface area contributed by atoms with Crippen molar-refractivity contribution in [3.05, 3.63) is 59.7 Å². The Balaban J connectivity index is 1.87. The Labute approximate surface area is 111 Å². The number of hydrogen-bond acceptors (Lipinski definition) is 2. The van der Waals surface area contributed by atoms with Gasteiger partial charge in [-0.2, -0.15) is 0 Å². The zero-order chi connectivity index (χ0) is 13.2. The first-order valence-electron chi connectivity index (χ1n) is 6.34. The smallest absolute Gasteiger partial charge is 0.233 e. The fraction of sp³-hybridized carbons (Fsp3) is 0.267. The van der Waals surface area contributed by atoms with Crippen molar-refractivity contribution in [3.63, 3.8) is 0 Å². The summed E-state index contributed by atoms with van der Waals surface area (Å²) < 4.78 is 21.3. The molecule has 0 fully saturated rings. The maximum Gasteiger partial charge on any atom is 0.233 e. The molecule has 19 heavy (non-hydrogen) atoms. The number of aliphatic imine (C=N–C) groups is 1. The van der Waals surface area contributed by atoms with Crippen LogP contribution in [0.2, 0.25) is 0 Å². The SMILES string of the molecule is CC1CN=C(c2cccn2Cc2ccccc2F)O1. The van der Waals surface area contributed by atoms with Gasteiger partial charge in [0.15, 0.2) is 0 Å². The molecule has 0 amide bonds. The Kier molecular flexibility index (Phi) is 3.07. The average Bonchev–Trinajstić information content (AvgIpc) is 3.01. The van der Waals surface area contributed by atoms with Gasteiger partial charge < -0.3 is 9.30 Å². The molecule has 4 heteroatoms. The van der Waals surface area contributed by atoms with Crippen molar-refractivity contribution in [1.82, 2.24) is 4.57 Å². The summed E-state index contributed by atoms with van der Waals surface area (Å²) in [6.07, 6.45) is 2.03. The van der Waals surface area contributed by atoms with Crippen molar-refractivity contribution >= 4 is 5.90 Å². The van der Waals surface area contributed by atoms with Crippen molar-refractivity contribution in [1.29, 1.82) is 0 Å². The van der Waals surface area contributed by atoms with Crippen LogP contribution in [0, 0.1) is 5.82 Å². The van der Waals surface area contributed by atoms with Gasteiger partial charge in [-0.15, -0.1) is 0 Å². The molecule has 0 saturated heterocycles. The van der Waals surface area contributed by atoms with E-state index < -0.39 is 0 Å². The van der Waals surface area contributed by atoms with E-state index in [9.17, 15) is 4.39 Å². The van der Waals surface area contributed by atoms with Gasteiger partial charge in [-0.05, 0) is 25.1 Å². The number of rotatable bonds is 3. The lowest BCUT2D eigenvalue weighted by atomic mass is 10.2. The number of hydrogen-bond donors (Lipinski definition) is 0. The molecular formula is C15H15FN2O.